The van der Waals surface area contributed by atoms with Crippen molar-refractivity contribution in [1.82, 2.24) is 15.1 Å². The largest absolute Gasteiger partial charge is 0.481 e. The molecule has 0 radical (unpaired) electrons. The molecule has 2 heterocycles. The molecule has 2 aliphatic rings. The van der Waals surface area contributed by atoms with Crippen molar-refractivity contribution in [2.75, 3.05) is 13.1 Å². The summed E-state index contributed by atoms with van der Waals surface area (Å²) in [5.74, 6) is -0.670. The first kappa shape index (κ1) is 14.6. The third kappa shape index (κ3) is 3.12. The Morgan fingerprint density at radius 1 is 1.33 bits per heavy atom. The minimum Gasteiger partial charge on any atom is -0.481 e. The number of piperidine rings is 1. The number of carboxylic acids is 1. The maximum Gasteiger partial charge on any atom is 0.310 e. The smallest absolute Gasteiger partial charge is 0.310 e. The van der Waals surface area contributed by atoms with Crippen LogP contribution in [-0.2, 0) is 11.2 Å². The average Bonchev–Trinajstić information content (AvgIpc) is 2.97. The first-order valence-electron chi connectivity index (χ1n) is 8.18. The Kier molecular flexibility index (Phi) is 4.29. The van der Waals surface area contributed by atoms with Crippen molar-refractivity contribution < 1.29 is 9.90 Å². The second-order valence-electron chi connectivity index (χ2n) is 6.59. The molecule has 116 valence electrons. The molecule has 0 unspecified atom stereocenters. The Morgan fingerprint density at radius 3 is 2.71 bits per heavy atom. The SMILES string of the molecule is O=C(O)C1(Cc2ccn(C3CCCCC3)n2)CCNCC1. The summed E-state index contributed by atoms with van der Waals surface area (Å²) in [7, 11) is 0. The monoisotopic (exact) mass is 291 g/mol. The molecule has 1 aliphatic carbocycles. The van der Waals surface area contributed by atoms with Crippen molar-refractivity contribution in [2.45, 2.75) is 57.4 Å². The number of rotatable bonds is 4. The van der Waals surface area contributed by atoms with Crippen LogP contribution in [0.1, 0.15) is 56.7 Å². The molecule has 1 aromatic heterocycles. The van der Waals surface area contributed by atoms with Crippen LogP contribution in [0.5, 0.6) is 0 Å². The molecule has 2 fully saturated rings. The molecule has 3 rings (SSSR count). The quantitative estimate of drug-likeness (QED) is 0.894. The number of nitrogens with one attached hydrogen (secondary N) is 1. The van der Waals surface area contributed by atoms with E-state index in [2.05, 4.69) is 15.1 Å². The average molecular weight is 291 g/mol. The van der Waals surface area contributed by atoms with Crippen molar-refractivity contribution in [3.8, 4) is 0 Å². The molecule has 0 atom stereocenters. The number of aromatic nitrogens is 2. The van der Waals surface area contributed by atoms with Crippen molar-refractivity contribution in [3.05, 3.63) is 18.0 Å². The van der Waals surface area contributed by atoms with Crippen LogP contribution in [-0.4, -0.2) is 33.9 Å². The zero-order valence-electron chi connectivity index (χ0n) is 12.6. The van der Waals surface area contributed by atoms with E-state index in [1.54, 1.807) is 0 Å². The predicted molar refractivity (Wildman–Crippen MR) is 80.2 cm³/mol. The molecule has 1 saturated heterocycles. The van der Waals surface area contributed by atoms with Crippen LogP contribution in [0.15, 0.2) is 12.3 Å². The molecule has 0 spiro atoms. The molecule has 0 aromatic carbocycles. The van der Waals surface area contributed by atoms with Crippen LogP contribution >= 0.6 is 0 Å². The van der Waals surface area contributed by atoms with E-state index in [1.165, 1.54) is 32.1 Å². The van der Waals surface area contributed by atoms with Gasteiger partial charge in [-0.05, 0) is 44.8 Å². The molecular weight excluding hydrogens is 266 g/mol. The fourth-order valence-electron chi connectivity index (χ4n) is 3.74. The summed E-state index contributed by atoms with van der Waals surface area (Å²) in [5.41, 5.74) is 0.307. The first-order valence-corrected chi connectivity index (χ1v) is 8.18. The standard InChI is InChI=1S/C16H25N3O2/c20-15(21)16(7-9-17-10-8-16)12-13-6-11-19(18-13)14-4-2-1-3-5-14/h6,11,14,17H,1-5,7-10,12H2,(H,20,21). The Hall–Kier alpha value is -1.36. The number of aliphatic carboxylic acids is 1. The van der Waals surface area contributed by atoms with E-state index in [-0.39, 0.29) is 0 Å². The number of carbonyl (C=O) groups is 1. The van der Waals surface area contributed by atoms with Gasteiger partial charge in [-0.2, -0.15) is 5.10 Å². The van der Waals surface area contributed by atoms with Crippen molar-refractivity contribution >= 4 is 5.97 Å². The third-order valence-corrected chi connectivity index (χ3v) is 5.15. The van der Waals surface area contributed by atoms with Crippen molar-refractivity contribution in [2.24, 2.45) is 5.41 Å². The van der Waals surface area contributed by atoms with Crippen LogP contribution in [0.2, 0.25) is 0 Å². The Morgan fingerprint density at radius 2 is 2.05 bits per heavy atom. The summed E-state index contributed by atoms with van der Waals surface area (Å²) in [4.78, 5) is 11.7. The minimum atomic E-state index is -0.670. The normalized spacial score (nSPS) is 23.0. The lowest BCUT2D eigenvalue weighted by atomic mass is 9.75. The molecule has 5 heteroatoms. The Labute approximate surface area is 125 Å². The summed E-state index contributed by atoms with van der Waals surface area (Å²) < 4.78 is 2.07. The molecule has 5 nitrogen and oxygen atoms in total. The van der Waals surface area contributed by atoms with Crippen LogP contribution in [0.25, 0.3) is 0 Å². The first-order chi connectivity index (χ1) is 10.2. The third-order valence-electron chi connectivity index (χ3n) is 5.15. The number of hydrogen-bond acceptors (Lipinski definition) is 3. The van der Waals surface area contributed by atoms with Crippen LogP contribution in [0.4, 0.5) is 0 Å². The maximum atomic E-state index is 11.7. The lowest BCUT2D eigenvalue weighted by Gasteiger charge is -2.33. The number of nitrogens with zero attached hydrogens (tertiary/aromatic N) is 2. The fourth-order valence-corrected chi connectivity index (χ4v) is 3.74. The summed E-state index contributed by atoms with van der Waals surface area (Å²) in [5, 5.41) is 17.6. The summed E-state index contributed by atoms with van der Waals surface area (Å²) in [6.07, 6.45) is 10.3. The van der Waals surface area contributed by atoms with E-state index in [4.69, 9.17) is 0 Å². The topological polar surface area (TPSA) is 67.1 Å². The summed E-state index contributed by atoms with van der Waals surface area (Å²) in [6, 6.07) is 2.53. The van der Waals surface area contributed by atoms with Gasteiger partial charge in [0.15, 0.2) is 0 Å². The van der Waals surface area contributed by atoms with Gasteiger partial charge in [-0.1, -0.05) is 19.3 Å². The second kappa shape index (κ2) is 6.18. The highest BCUT2D eigenvalue weighted by Crippen LogP contribution is 2.33. The van der Waals surface area contributed by atoms with Gasteiger partial charge in [-0.3, -0.25) is 9.48 Å². The van der Waals surface area contributed by atoms with Crippen molar-refractivity contribution in [1.29, 1.82) is 0 Å². The van der Waals surface area contributed by atoms with E-state index in [1.807, 2.05) is 12.3 Å². The van der Waals surface area contributed by atoms with Gasteiger partial charge in [0, 0.05) is 12.6 Å². The van der Waals surface area contributed by atoms with Gasteiger partial charge in [-0.25, -0.2) is 0 Å². The van der Waals surface area contributed by atoms with Gasteiger partial charge < -0.3 is 10.4 Å². The van der Waals surface area contributed by atoms with Gasteiger partial charge >= 0.3 is 5.97 Å². The molecule has 0 bridgehead atoms. The van der Waals surface area contributed by atoms with E-state index in [0.717, 1.165) is 18.8 Å². The maximum absolute atomic E-state index is 11.7. The molecule has 0 amide bonds. The molecule has 21 heavy (non-hydrogen) atoms. The number of hydrogen-bond donors (Lipinski definition) is 2. The zero-order chi connectivity index (χ0) is 14.7. The lowest BCUT2D eigenvalue weighted by Crippen LogP contribution is -2.43. The Balaban J connectivity index is 1.71. The summed E-state index contributed by atoms with van der Waals surface area (Å²) >= 11 is 0. The fraction of sp³-hybridized carbons (Fsp3) is 0.750. The Bertz CT molecular complexity index is 485. The van der Waals surface area contributed by atoms with E-state index in [0.29, 0.717) is 25.3 Å². The van der Waals surface area contributed by atoms with Crippen LogP contribution < -0.4 is 5.32 Å². The number of carboxylic acid groups (broad SMARTS) is 1. The zero-order valence-corrected chi connectivity index (χ0v) is 12.6. The molecule has 2 N–H and O–H groups in total. The van der Waals surface area contributed by atoms with Gasteiger partial charge in [0.05, 0.1) is 17.2 Å². The van der Waals surface area contributed by atoms with Gasteiger partial charge in [0.2, 0.25) is 0 Å². The second-order valence-corrected chi connectivity index (χ2v) is 6.59. The van der Waals surface area contributed by atoms with Crippen molar-refractivity contribution in [3.63, 3.8) is 0 Å². The van der Waals surface area contributed by atoms with Crippen LogP contribution in [0, 0.1) is 5.41 Å². The van der Waals surface area contributed by atoms with Gasteiger partial charge in [0.1, 0.15) is 0 Å². The predicted octanol–water partition coefficient (Wildman–Crippen LogP) is 2.39. The highest BCUT2D eigenvalue weighted by atomic mass is 16.4. The minimum absolute atomic E-state index is 0.515. The lowest BCUT2D eigenvalue weighted by molar-refractivity contribution is -0.150. The van der Waals surface area contributed by atoms with Gasteiger partial charge in [0.25, 0.3) is 0 Å². The van der Waals surface area contributed by atoms with Gasteiger partial charge in [-0.15, -0.1) is 0 Å². The van der Waals surface area contributed by atoms with E-state index < -0.39 is 11.4 Å². The molecule has 1 saturated carbocycles. The molecular formula is C16H25N3O2. The van der Waals surface area contributed by atoms with E-state index >= 15 is 0 Å². The molecule has 1 aliphatic heterocycles. The van der Waals surface area contributed by atoms with Crippen LogP contribution in [0.3, 0.4) is 0 Å². The highest BCUT2D eigenvalue weighted by molar-refractivity contribution is 5.75. The van der Waals surface area contributed by atoms with E-state index in [9.17, 15) is 9.90 Å². The highest BCUT2D eigenvalue weighted by Gasteiger charge is 2.40. The molecule has 1 aromatic rings. The summed E-state index contributed by atoms with van der Waals surface area (Å²) in [6.45, 7) is 1.57.